The number of nitrogens with zero attached hydrogens (tertiary/aromatic N) is 4. The molecule has 1 aliphatic rings. The first-order valence-corrected chi connectivity index (χ1v) is 9.73. The van der Waals surface area contributed by atoms with Crippen molar-refractivity contribution >= 4 is 40.7 Å². The van der Waals surface area contributed by atoms with Crippen LogP contribution in [0.3, 0.4) is 0 Å². The van der Waals surface area contributed by atoms with E-state index in [1.54, 1.807) is 0 Å². The summed E-state index contributed by atoms with van der Waals surface area (Å²) in [5.41, 5.74) is 2.59. The van der Waals surface area contributed by atoms with E-state index in [4.69, 9.17) is 4.99 Å². The van der Waals surface area contributed by atoms with Crippen LogP contribution in [0.25, 0.3) is 10.8 Å². The Morgan fingerprint density at radius 2 is 2.04 bits per heavy atom. The molecule has 0 saturated carbocycles. The van der Waals surface area contributed by atoms with E-state index in [2.05, 4.69) is 70.9 Å². The minimum absolute atomic E-state index is 0. The lowest BCUT2D eigenvalue weighted by molar-refractivity contribution is 0.486. The number of hydrogen-bond acceptors (Lipinski definition) is 2. The highest BCUT2D eigenvalue weighted by atomic mass is 127. The molecule has 28 heavy (non-hydrogen) atoms. The van der Waals surface area contributed by atoms with E-state index >= 15 is 0 Å². The molecule has 5 nitrogen and oxygen atoms in total. The topological polar surface area (TPSA) is 45.5 Å². The van der Waals surface area contributed by atoms with Crippen molar-refractivity contribution in [2.24, 2.45) is 12.0 Å². The normalized spacial score (nSPS) is 17.0. The van der Waals surface area contributed by atoms with Crippen LogP contribution in [0.15, 0.2) is 59.9 Å². The number of rotatable bonds is 4. The van der Waals surface area contributed by atoms with Gasteiger partial charge >= 0.3 is 0 Å². The number of nitrogens with one attached hydrogen (secondary N) is 1. The monoisotopic (exact) mass is 489 g/mol. The van der Waals surface area contributed by atoms with E-state index in [0.717, 1.165) is 32.0 Å². The van der Waals surface area contributed by atoms with Crippen LogP contribution in [0.2, 0.25) is 0 Å². The Balaban J connectivity index is 0.00000225. The molecular weight excluding hydrogens is 461 g/mol. The SMILES string of the molecule is CCNC(=NCc1cccc2ccccc12)N1CCC(c2cnn(C)c2)C1.I. The Kier molecular flexibility index (Phi) is 6.93. The van der Waals surface area contributed by atoms with Gasteiger partial charge in [0.15, 0.2) is 5.96 Å². The zero-order valence-electron chi connectivity index (χ0n) is 16.5. The van der Waals surface area contributed by atoms with Crippen molar-refractivity contribution in [3.63, 3.8) is 0 Å². The van der Waals surface area contributed by atoms with Gasteiger partial charge in [0.05, 0.1) is 12.7 Å². The van der Waals surface area contributed by atoms with Gasteiger partial charge in [-0.05, 0) is 35.2 Å². The van der Waals surface area contributed by atoms with Crippen molar-refractivity contribution in [2.45, 2.75) is 25.8 Å². The second-order valence-electron chi connectivity index (χ2n) is 7.19. The van der Waals surface area contributed by atoms with E-state index in [1.165, 1.54) is 21.9 Å². The van der Waals surface area contributed by atoms with Gasteiger partial charge in [-0.2, -0.15) is 5.10 Å². The van der Waals surface area contributed by atoms with Crippen molar-refractivity contribution in [1.82, 2.24) is 20.0 Å². The first kappa shape index (κ1) is 20.6. The summed E-state index contributed by atoms with van der Waals surface area (Å²) in [5, 5.41) is 10.4. The molecule has 0 aliphatic carbocycles. The summed E-state index contributed by atoms with van der Waals surface area (Å²) in [6.45, 7) is 5.72. The van der Waals surface area contributed by atoms with E-state index in [9.17, 15) is 0 Å². The summed E-state index contributed by atoms with van der Waals surface area (Å²) in [7, 11) is 1.98. The zero-order valence-corrected chi connectivity index (χ0v) is 18.8. The number of guanidine groups is 1. The molecule has 0 radical (unpaired) electrons. The highest BCUT2D eigenvalue weighted by Crippen LogP contribution is 2.27. The van der Waals surface area contributed by atoms with Crippen molar-refractivity contribution in [2.75, 3.05) is 19.6 Å². The lowest BCUT2D eigenvalue weighted by atomic mass is 10.0. The fourth-order valence-corrected chi connectivity index (χ4v) is 3.89. The van der Waals surface area contributed by atoms with Gasteiger partial charge in [-0.25, -0.2) is 4.99 Å². The molecule has 1 atom stereocenters. The Hall–Kier alpha value is -2.09. The van der Waals surface area contributed by atoms with Gasteiger partial charge in [-0.1, -0.05) is 42.5 Å². The molecule has 1 aliphatic heterocycles. The summed E-state index contributed by atoms with van der Waals surface area (Å²) in [5.74, 6) is 1.54. The van der Waals surface area contributed by atoms with Crippen LogP contribution in [-0.2, 0) is 13.6 Å². The Morgan fingerprint density at radius 3 is 2.82 bits per heavy atom. The number of aliphatic imine (C=N–C) groups is 1. The molecular formula is C22H28IN5. The standard InChI is InChI=1S/C22H27N5.HI/c1-3-23-22(27-12-11-19(16-27)20-14-25-26(2)15-20)24-13-18-9-6-8-17-7-4-5-10-21(17)18;/h4-10,14-15,19H,3,11-13,16H2,1-2H3,(H,23,24);1H. The first-order chi connectivity index (χ1) is 13.2. The number of halogens is 1. The fourth-order valence-electron chi connectivity index (χ4n) is 3.89. The molecule has 3 aromatic rings. The predicted molar refractivity (Wildman–Crippen MR) is 126 cm³/mol. The van der Waals surface area contributed by atoms with Gasteiger partial charge < -0.3 is 10.2 Å². The molecule has 0 bridgehead atoms. The lowest BCUT2D eigenvalue weighted by Crippen LogP contribution is -2.40. The van der Waals surface area contributed by atoms with Crippen molar-refractivity contribution in [1.29, 1.82) is 0 Å². The lowest BCUT2D eigenvalue weighted by Gasteiger charge is -2.21. The number of benzene rings is 2. The summed E-state index contributed by atoms with van der Waals surface area (Å²) in [4.78, 5) is 7.34. The van der Waals surface area contributed by atoms with E-state index in [-0.39, 0.29) is 24.0 Å². The minimum atomic E-state index is 0. The molecule has 1 unspecified atom stereocenters. The minimum Gasteiger partial charge on any atom is -0.357 e. The van der Waals surface area contributed by atoms with Crippen LogP contribution in [0.5, 0.6) is 0 Å². The molecule has 1 fully saturated rings. The molecule has 2 heterocycles. The smallest absolute Gasteiger partial charge is 0.194 e. The first-order valence-electron chi connectivity index (χ1n) is 9.73. The van der Waals surface area contributed by atoms with Crippen LogP contribution in [0.4, 0.5) is 0 Å². The molecule has 1 saturated heterocycles. The summed E-state index contributed by atoms with van der Waals surface area (Å²) in [6, 6.07) is 15.0. The number of likely N-dealkylation sites (tertiary alicyclic amines) is 1. The van der Waals surface area contributed by atoms with E-state index in [0.29, 0.717) is 12.5 Å². The Labute approximate surface area is 183 Å². The predicted octanol–water partition coefficient (Wildman–Crippen LogP) is 4.15. The summed E-state index contributed by atoms with van der Waals surface area (Å²) in [6.07, 6.45) is 5.27. The van der Waals surface area contributed by atoms with Crippen LogP contribution in [0.1, 0.15) is 30.4 Å². The average Bonchev–Trinajstić information content (AvgIpc) is 3.34. The average molecular weight is 489 g/mol. The van der Waals surface area contributed by atoms with Crippen LogP contribution in [-0.4, -0.2) is 40.3 Å². The number of hydrogen-bond donors (Lipinski definition) is 1. The molecule has 0 spiro atoms. The number of aryl methyl sites for hydroxylation is 1. The quantitative estimate of drug-likeness (QED) is 0.341. The zero-order chi connectivity index (χ0) is 18.6. The highest BCUT2D eigenvalue weighted by molar-refractivity contribution is 14.0. The van der Waals surface area contributed by atoms with Gasteiger partial charge in [0.1, 0.15) is 0 Å². The molecule has 4 rings (SSSR count). The van der Waals surface area contributed by atoms with E-state index < -0.39 is 0 Å². The summed E-state index contributed by atoms with van der Waals surface area (Å²) < 4.78 is 1.89. The van der Waals surface area contributed by atoms with Crippen LogP contribution >= 0.6 is 24.0 Å². The van der Waals surface area contributed by atoms with Gasteiger partial charge in [-0.3, -0.25) is 4.68 Å². The van der Waals surface area contributed by atoms with Crippen LogP contribution in [0, 0.1) is 0 Å². The van der Waals surface area contributed by atoms with Gasteiger partial charge in [-0.15, -0.1) is 24.0 Å². The van der Waals surface area contributed by atoms with Gasteiger partial charge in [0, 0.05) is 38.8 Å². The number of fused-ring (bicyclic) bond motifs is 1. The molecule has 6 heteroatoms. The Morgan fingerprint density at radius 1 is 1.21 bits per heavy atom. The number of aromatic nitrogens is 2. The molecule has 0 amide bonds. The van der Waals surface area contributed by atoms with Gasteiger partial charge in [0.2, 0.25) is 0 Å². The second kappa shape index (κ2) is 9.41. The third-order valence-electron chi connectivity index (χ3n) is 5.30. The van der Waals surface area contributed by atoms with Crippen LogP contribution < -0.4 is 5.32 Å². The van der Waals surface area contributed by atoms with Crippen molar-refractivity contribution in [3.05, 3.63) is 66.0 Å². The molecule has 1 N–H and O–H groups in total. The largest absolute Gasteiger partial charge is 0.357 e. The third kappa shape index (κ3) is 4.48. The second-order valence-corrected chi connectivity index (χ2v) is 7.19. The van der Waals surface area contributed by atoms with Crippen molar-refractivity contribution < 1.29 is 0 Å². The Bertz CT molecular complexity index is 944. The molecule has 2 aromatic carbocycles. The van der Waals surface area contributed by atoms with Crippen molar-refractivity contribution in [3.8, 4) is 0 Å². The third-order valence-corrected chi connectivity index (χ3v) is 5.30. The fraction of sp³-hybridized carbons (Fsp3) is 0.364. The highest BCUT2D eigenvalue weighted by Gasteiger charge is 2.26. The van der Waals surface area contributed by atoms with E-state index in [1.807, 2.05) is 17.9 Å². The molecule has 148 valence electrons. The van der Waals surface area contributed by atoms with Gasteiger partial charge in [0.25, 0.3) is 0 Å². The maximum absolute atomic E-state index is 4.96. The summed E-state index contributed by atoms with van der Waals surface area (Å²) >= 11 is 0. The molecule has 1 aromatic heterocycles. The maximum Gasteiger partial charge on any atom is 0.194 e. The maximum atomic E-state index is 4.96.